The molecule has 0 bridgehead atoms. The second-order valence-corrected chi connectivity index (χ2v) is 8.41. The van der Waals surface area contributed by atoms with Crippen molar-refractivity contribution in [1.29, 1.82) is 5.26 Å². The van der Waals surface area contributed by atoms with E-state index in [1.54, 1.807) is 25.3 Å². The number of carbonyl (C=O) groups is 1. The maximum atomic E-state index is 12.4. The Labute approximate surface area is 193 Å². The molecule has 1 saturated carbocycles. The number of H-pyrrole nitrogens is 1. The number of hydrogen-bond acceptors (Lipinski definition) is 5. The summed E-state index contributed by atoms with van der Waals surface area (Å²) < 4.78 is 11.2. The second-order valence-electron chi connectivity index (χ2n) is 8.41. The van der Waals surface area contributed by atoms with Crippen LogP contribution < -0.4 is 14.8 Å². The quantitative estimate of drug-likeness (QED) is 0.514. The number of methoxy groups -OCH3 is 1. The number of nitriles is 1. The van der Waals surface area contributed by atoms with E-state index in [4.69, 9.17) is 9.47 Å². The van der Waals surface area contributed by atoms with Crippen LogP contribution in [0.2, 0.25) is 0 Å². The third kappa shape index (κ3) is 5.35. The van der Waals surface area contributed by atoms with Crippen molar-refractivity contribution in [2.75, 3.05) is 13.7 Å². The van der Waals surface area contributed by atoms with Gasteiger partial charge in [0.05, 0.1) is 23.7 Å². The van der Waals surface area contributed by atoms with Crippen LogP contribution in [0.15, 0.2) is 42.5 Å². The highest BCUT2D eigenvalue weighted by Gasteiger charge is 2.23. The van der Waals surface area contributed by atoms with Crippen molar-refractivity contribution in [3.05, 3.63) is 53.9 Å². The van der Waals surface area contributed by atoms with E-state index < -0.39 is 0 Å². The highest BCUT2D eigenvalue weighted by Crippen LogP contribution is 2.30. The number of rotatable bonds is 7. The number of hydrogen-bond donors (Lipinski definition) is 2. The Kier molecular flexibility index (Phi) is 6.94. The van der Waals surface area contributed by atoms with Gasteiger partial charge in [-0.2, -0.15) is 5.26 Å². The lowest BCUT2D eigenvalue weighted by atomic mass is 9.86. The Bertz CT molecular complexity index is 1170. The molecule has 1 aliphatic rings. The van der Waals surface area contributed by atoms with Gasteiger partial charge in [0.15, 0.2) is 18.1 Å². The number of nitrogens with one attached hydrogen (secondary N) is 2. The molecule has 1 fully saturated rings. The van der Waals surface area contributed by atoms with Crippen molar-refractivity contribution in [2.24, 2.45) is 5.92 Å². The number of aromatic nitrogens is 2. The predicted octanol–water partition coefficient (Wildman–Crippen LogP) is 4.71. The molecule has 0 radical (unpaired) electrons. The van der Waals surface area contributed by atoms with Gasteiger partial charge in [-0.15, -0.1) is 0 Å². The van der Waals surface area contributed by atoms with Crippen LogP contribution in [0.1, 0.15) is 44.0 Å². The van der Waals surface area contributed by atoms with Crippen molar-refractivity contribution in [2.45, 2.75) is 38.6 Å². The number of fused-ring (bicyclic) bond motifs is 1. The van der Waals surface area contributed by atoms with Crippen LogP contribution in [-0.2, 0) is 4.79 Å². The van der Waals surface area contributed by atoms with Crippen LogP contribution >= 0.6 is 0 Å². The second kappa shape index (κ2) is 10.2. The molecule has 0 spiro atoms. The molecule has 4 rings (SSSR count). The lowest BCUT2D eigenvalue weighted by Crippen LogP contribution is -2.43. The predicted molar refractivity (Wildman–Crippen MR) is 128 cm³/mol. The summed E-state index contributed by atoms with van der Waals surface area (Å²) in [6, 6.07) is 15.4. The maximum absolute atomic E-state index is 12.4. The molecule has 0 unspecified atom stereocenters. The zero-order valence-electron chi connectivity index (χ0n) is 18.9. The van der Waals surface area contributed by atoms with Crippen molar-refractivity contribution >= 4 is 28.6 Å². The van der Waals surface area contributed by atoms with Gasteiger partial charge in [0.2, 0.25) is 0 Å². The first-order chi connectivity index (χ1) is 16.1. The molecule has 170 valence electrons. The molecular weight excluding hydrogens is 416 g/mol. The highest BCUT2D eigenvalue weighted by atomic mass is 16.5. The van der Waals surface area contributed by atoms with E-state index in [-0.39, 0.29) is 18.6 Å². The smallest absolute Gasteiger partial charge is 0.258 e. The zero-order valence-corrected chi connectivity index (χ0v) is 18.9. The molecule has 1 amide bonds. The highest BCUT2D eigenvalue weighted by molar-refractivity contribution is 5.90. The van der Waals surface area contributed by atoms with Gasteiger partial charge in [0.1, 0.15) is 11.9 Å². The van der Waals surface area contributed by atoms with Crippen LogP contribution in [0.4, 0.5) is 0 Å². The topological polar surface area (TPSA) is 100 Å². The summed E-state index contributed by atoms with van der Waals surface area (Å²) in [6.45, 7) is 2.11. The van der Waals surface area contributed by atoms with Crippen molar-refractivity contribution in [3.63, 3.8) is 0 Å². The minimum Gasteiger partial charge on any atom is -0.493 e. The first kappa shape index (κ1) is 22.4. The fourth-order valence-corrected chi connectivity index (χ4v) is 4.22. The Balaban J connectivity index is 1.45. The molecule has 2 atom stereocenters. The van der Waals surface area contributed by atoms with Gasteiger partial charge in [0, 0.05) is 6.04 Å². The number of para-hydroxylation sites is 2. The first-order valence-electron chi connectivity index (χ1n) is 11.2. The lowest BCUT2D eigenvalue weighted by Gasteiger charge is -2.29. The van der Waals surface area contributed by atoms with Crippen molar-refractivity contribution in [3.8, 4) is 17.6 Å². The number of benzene rings is 2. The molecular formula is C26H28N4O3. The maximum Gasteiger partial charge on any atom is 0.258 e. The third-order valence-electron chi connectivity index (χ3n) is 6.08. The minimum atomic E-state index is -0.128. The summed E-state index contributed by atoms with van der Waals surface area (Å²) in [4.78, 5) is 20.0. The average molecular weight is 445 g/mol. The summed E-state index contributed by atoms with van der Waals surface area (Å²) in [7, 11) is 1.55. The fourth-order valence-electron chi connectivity index (χ4n) is 4.22. The van der Waals surface area contributed by atoms with Gasteiger partial charge >= 0.3 is 0 Å². The fraction of sp³-hybridized carbons (Fsp3) is 0.346. The van der Waals surface area contributed by atoms with E-state index in [9.17, 15) is 10.1 Å². The summed E-state index contributed by atoms with van der Waals surface area (Å²) in [6.07, 6.45) is 6.28. The summed E-state index contributed by atoms with van der Waals surface area (Å²) in [5, 5.41) is 12.8. The minimum absolute atomic E-state index is 0.0722. The Hall–Kier alpha value is -3.79. The number of nitrogens with zero attached hydrogens (tertiary/aromatic N) is 2. The molecule has 3 aromatic rings. The van der Waals surface area contributed by atoms with Gasteiger partial charge in [-0.1, -0.05) is 38.0 Å². The molecule has 1 heterocycles. The Morgan fingerprint density at radius 3 is 2.82 bits per heavy atom. The largest absolute Gasteiger partial charge is 0.493 e. The van der Waals surface area contributed by atoms with Crippen LogP contribution in [0.3, 0.4) is 0 Å². The van der Waals surface area contributed by atoms with Crippen molar-refractivity contribution < 1.29 is 14.3 Å². The van der Waals surface area contributed by atoms with Gasteiger partial charge < -0.3 is 19.8 Å². The van der Waals surface area contributed by atoms with Gasteiger partial charge in [0.25, 0.3) is 5.91 Å². The standard InChI is InChI=1S/C26H28N4O3/c1-17-7-3-4-8-20(17)28-25(31)16-33-23-12-11-18(14-24(23)32-2)13-19(15-27)26-29-21-9-5-6-10-22(21)30-26/h5-6,9-14,17,20H,3-4,7-8,16H2,1-2H3,(H,28,31)(H,29,30)/b19-13+/t17-,20-/m1/s1. The zero-order chi connectivity index (χ0) is 23.2. The van der Waals surface area contributed by atoms with E-state index in [0.29, 0.717) is 28.8 Å². The first-order valence-corrected chi connectivity index (χ1v) is 11.2. The van der Waals surface area contributed by atoms with E-state index in [2.05, 4.69) is 28.3 Å². The molecule has 33 heavy (non-hydrogen) atoms. The van der Waals surface area contributed by atoms with Crippen LogP contribution in [0.25, 0.3) is 22.7 Å². The van der Waals surface area contributed by atoms with E-state index >= 15 is 0 Å². The summed E-state index contributed by atoms with van der Waals surface area (Å²) in [5.74, 6) is 1.83. The Morgan fingerprint density at radius 2 is 2.06 bits per heavy atom. The van der Waals surface area contributed by atoms with E-state index in [0.717, 1.165) is 35.9 Å². The molecule has 7 heteroatoms. The number of aromatic amines is 1. The van der Waals surface area contributed by atoms with Crippen molar-refractivity contribution in [1.82, 2.24) is 15.3 Å². The summed E-state index contributed by atoms with van der Waals surface area (Å²) in [5.41, 5.74) is 2.84. The number of allylic oxidation sites excluding steroid dienone is 1. The SMILES string of the molecule is COc1cc(/C=C(\C#N)c2nc3ccccc3[nH]2)ccc1OCC(=O)N[C@@H]1CCCC[C@H]1C. The molecule has 0 aliphatic heterocycles. The normalized spacial score (nSPS) is 18.5. The Morgan fingerprint density at radius 1 is 1.24 bits per heavy atom. The molecule has 2 N–H and O–H groups in total. The molecule has 7 nitrogen and oxygen atoms in total. The van der Waals surface area contributed by atoms with E-state index in [1.807, 2.05) is 30.3 Å². The van der Waals surface area contributed by atoms with E-state index in [1.165, 1.54) is 6.42 Å². The number of carbonyl (C=O) groups excluding carboxylic acids is 1. The number of imidazole rings is 1. The van der Waals surface area contributed by atoms with Gasteiger partial charge in [-0.25, -0.2) is 4.98 Å². The van der Waals surface area contributed by atoms with Crippen LogP contribution in [0.5, 0.6) is 11.5 Å². The van der Waals surface area contributed by atoms with Crippen LogP contribution in [0, 0.1) is 17.2 Å². The van der Waals surface area contributed by atoms with Gasteiger partial charge in [-0.05, 0) is 54.7 Å². The lowest BCUT2D eigenvalue weighted by molar-refractivity contribution is -0.124. The van der Waals surface area contributed by atoms with Gasteiger partial charge in [-0.3, -0.25) is 4.79 Å². The molecule has 1 aliphatic carbocycles. The monoisotopic (exact) mass is 444 g/mol. The number of amides is 1. The molecule has 1 aromatic heterocycles. The van der Waals surface area contributed by atoms with Crippen LogP contribution in [-0.4, -0.2) is 35.6 Å². The third-order valence-corrected chi connectivity index (χ3v) is 6.08. The number of ether oxygens (including phenoxy) is 2. The average Bonchev–Trinajstić information content (AvgIpc) is 3.27. The molecule has 2 aromatic carbocycles. The molecule has 0 saturated heterocycles. The summed E-state index contributed by atoms with van der Waals surface area (Å²) >= 11 is 0.